The van der Waals surface area contributed by atoms with E-state index in [1.165, 1.54) is 17.2 Å². The zero-order chi connectivity index (χ0) is 18.7. The van der Waals surface area contributed by atoms with Crippen LogP contribution in [0.15, 0.2) is 29.6 Å². The van der Waals surface area contributed by atoms with Crippen molar-refractivity contribution in [3.8, 4) is 0 Å². The molecule has 2 amide bonds. The summed E-state index contributed by atoms with van der Waals surface area (Å²) >= 11 is 1.16. The SMILES string of the molecule is NCC(F)(F)CNC(=O)c1ccsc1NC(=O)c1ccc2c(c1)CCC2. The lowest BCUT2D eigenvalue weighted by molar-refractivity contribution is 0.0119. The van der Waals surface area contributed by atoms with Gasteiger partial charge >= 0.3 is 0 Å². The van der Waals surface area contributed by atoms with E-state index < -0.39 is 24.9 Å². The van der Waals surface area contributed by atoms with Crippen molar-refractivity contribution in [1.82, 2.24) is 5.32 Å². The molecule has 4 N–H and O–H groups in total. The maximum absolute atomic E-state index is 13.2. The third kappa shape index (κ3) is 4.08. The van der Waals surface area contributed by atoms with Crippen LogP contribution in [-0.2, 0) is 12.8 Å². The fourth-order valence-electron chi connectivity index (χ4n) is 2.85. The quantitative estimate of drug-likeness (QED) is 0.722. The Kier molecular flexibility index (Phi) is 5.33. The van der Waals surface area contributed by atoms with Crippen LogP contribution in [0.3, 0.4) is 0 Å². The third-order valence-electron chi connectivity index (χ3n) is 4.30. The molecule has 8 heteroatoms. The highest BCUT2D eigenvalue weighted by atomic mass is 32.1. The lowest BCUT2D eigenvalue weighted by Gasteiger charge is -2.14. The van der Waals surface area contributed by atoms with Gasteiger partial charge in [-0.25, -0.2) is 8.78 Å². The van der Waals surface area contributed by atoms with Crippen LogP contribution in [0.5, 0.6) is 0 Å². The van der Waals surface area contributed by atoms with Gasteiger partial charge in [-0.1, -0.05) is 6.07 Å². The summed E-state index contributed by atoms with van der Waals surface area (Å²) in [6, 6.07) is 7.06. The Morgan fingerprint density at radius 1 is 1.15 bits per heavy atom. The van der Waals surface area contributed by atoms with E-state index in [2.05, 4.69) is 10.6 Å². The Morgan fingerprint density at radius 3 is 2.69 bits per heavy atom. The van der Waals surface area contributed by atoms with Crippen molar-refractivity contribution in [3.05, 3.63) is 51.9 Å². The number of anilines is 1. The number of carbonyl (C=O) groups is 2. The molecule has 1 aliphatic carbocycles. The molecule has 138 valence electrons. The summed E-state index contributed by atoms with van der Waals surface area (Å²) in [4.78, 5) is 24.6. The van der Waals surface area contributed by atoms with E-state index in [0.717, 1.165) is 30.6 Å². The van der Waals surface area contributed by atoms with Crippen molar-refractivity contribution >= 4 is 28.2 Å². The second kappa shape index (κ2) is 7.51. The highest BCUT2D eigenvalue weighted by molar-refractivity contribution is 7.14. The van der Waals surface area contributed by atoms with Crippen molar-refractivity contribution in [2.24, 2.45) is 5.73 Å². The molecular formula is C18H19F2N3O2S. The predicted octanol–water partition coefficient (Wildman–Crippen LogP) is 2.81. The van der Waals surface area contributed by atoms with E-state index in [4.69, 9.17) is 5.73 Å². The highest BCUT2D eigenvalue weighted by Gasteiger charge is 2.28. The summed E-state index contributed by atoms with van der Waals surface area (Å²) < 4.78 is 26.4. The Bertz CT molecular complexity index is 836. The van der Waals surface area contributed by atoms with Crippen LogP contribution in [0.25, 0.3) is 0 Å². The lowest BCUT2D eigenvalue weighted by atomic mass is 10.1. The second-order valence-electron chi connectivity index (χ2n) is 6.20. The minimum absolute atomic E-state index is 0.150. The van der Waals surface area contributed by atoms with Crippen molar-refractivity contribution in [2.45, 2.75) is 25.2 Å². The molecule has 1 heterocycles. The topological polar surface area (TPSA) is 84.2 Å². The highest BCUT2D eigenvalue weighted by Crippen LogP contribution is 2.26. The van der Waals surface area contributed by atoms with Gasteiger partial charge in [0, 0.05) is 5.56 Å². The number of fused-ring (bicyclic) bond motifs is 1. The van der Waals surface area contributed by atoms with Crippen LogP contribution < -0.4 is 16.4 Å². The number of rotatable bonds is 6. The molecule has 0 unspecified atom stereocenters. The number of aryl methyl sites for hydroxylation is 2. The first kappa shape index (κ1) is 18.5. The number of thiophene rings is 1. The molecule has 26 heavy (non-hydrogen) atoms. The molecule has 0 atom stereocenters. The molecule has 0 aliphatic heterocycles. The second-order valence-corrected chi connectivity index (χ2v) is 7.11. The summed E-state index contributed by atoms with van der Waals surface area (Å²) in [5, 5.41) is 6.79. The van der Waals surface area contributed by atoms with Crippen LogP contribution >= 0.6 is 11.3 Å². The van der Waals surface area contributed by atoms with Crippen molar-refractivity contribution in [1.29, 1.82) is 0 Å². The standard InChI is InChI=1S/C18H19F2N3O2S/c19-18(20,9-21)10-22-16(25)14-6-7-26-17(14)23-15(24)13-5-4-11-2-1-3-12(11)8-13/h4-8H,1-3,9-10,21H2,(H,22,25)(H,23,24). The maximum atomic E-state index is 13.2. The van der Waals surface area contributed by atoms with E-state index in [9.17, 15) is 18.4 Å². The Balaban J connectivity index is 1.68. The molecule has 0 spiro atoms. The predicted molar refractivity (Wildman–Crippen MR) is 97.1 cm³/mol. The summed E-state index contributed by atoms with van der Waals surface area (Å²) in [5.41, 5.74) is 8.05. The lowest BCUT2D eigenvalue weighted by Crippen LogP contribution is -2.41. The first-order chi connectivity index (χ1) is 12.4. The number of halogens is 2. The number of benzene rings is 1. The molecule has 0 fully saturated rings. The number of amides is 2. The minimum atomic E-state index is -3.17. The van der Waals surface area contributed by atoms with Gasteiger partial charge in [-0.3, -0.25) is 9.59 Å². The normalized spacial score (nSPS) is 13.3. The zero-order valence-electron chi connectivity index (χ0n) is 14.0. The van der Waals surface area contributed by atoms with E-state index in [1.807, 2.05) is 12.1 Å². The summed E-state index contributed by atoms with van der Waals surface area (Å²) in [7, 11) is 0. The minimum Gasteiger partial charge on any atom is -0.346 e. The molecule has 1 aliphatic rings. The van der Waals surface area contributed by atoms with Gasteiger partial charge in [-0.2, -0.15) is 0 Å². The Labute approximate surface area is 153 Å². The number of nitrogens with two attached hydrogens (primary N) is 1. The van der Waals surface area contributed by atoms with Crippen molar-refractivity contribution in [2.75, 3.05) is 18.4 Å². The van der Waals surface area contributed by atoms with Crippen LogP contribution in [0.4, 0.5) is 13.8 Å². The summed E-state index contributed by atoms with van der Waals surface area (Å²) in [6.07, 6.45) is 3.07. The van der Waals surface area contributed by atoms with Gasteiger partial charge in [-0.15, -0.1) is 11.3 Å². The number of alkyl halides is 2. The van der Waals surface area contributed by atoms with Crippen LogP contribution in [0.2, 0.25) is 0 Å². The monoisotopic (exact) mass is 379 g/mol. The van der Waals surface area contributed by atoms with Gasteiger partial charge in [-0.05, 0) is 54.0 Å². The van der Waals surface area contributed by atoms with E-state index >= 15 is 0 Å². The molecule has 0 saturated heterocycles. The zero-order valence-corrected chi connectivity index (χ0v) is 14.8. The van der Waals surface area contributed by atoms with E-state index in [1.54, 1.807) is 11.4 Å². The smallest absolute Gasteiger partial charge is 0.277 e. The molecule has 0 bridgehead atoms. The van der Waals surface area contributed by atoms with Gasteiger partial charge in [0.05, 0.1) is 18.7 Å². The molecule has 1 aromatic carbocycles. The fraction of sp³-hybridized carbons (Fsp3) is 0.333. The van der Waals surface area contributed by atoms with Crippen LogP contribution in [0, 0.1) is 0 Å². The Hall–Kier alpha value is -2.32. The molecule has 1 aromatic heterocycles. The summed E-state index contributed by atoms with van der Waals surface area (Å²) in [5.74, 6) is -4.17. The molecule has 5 nitrogen and oxygen atoms in total. The number of carbonyl (C=O) groups excluding carboxylic acids is 2. The molecule has 0 radical (unpaired) electrons. The van der Waals surface area contributed by atoms with Gasteiger partial charge in [0.15, 0.2) is 0 Å². The largest absolute Gasteiger partial charge is 0.346 e. The molecule has 0 saturated carbocycles. The molecule has 3 rings (SSSR count). The van der Waals surface area contributed by atoms with E-state index in [0.29, 0.717) is 10.6 Å². The average molecular weight is 379 g/mol. The van der Waals surface area contributed by atoms with Gasteiger partial charge < -0.3 is 16.4 Å². The fourth-order valence-corrected chi connectivity index (χ4v) is 3.63. The van der Waals surface area contributed by atoms with Crippen molar-refractivity contribution in [3.63, 3.8) is 0 Å². The Morgan fingerprint density at radius 2 is 1.92 bits per heavy atom. The molecular weight excluding hydrogens is 360 g/mol. The van der Waals surface area contributed by atoms with Gasteiger partial charge in [0.2, 0.25) is 0 Å². The third-order valence-corrected chi connectivity index (χ3v) is 5.13. The number of hydrogen-bond acceptors (Lipinski definition) is 4. The van der Waals surface area contributed by atoms with Crippen LogP contribution in [0.1, 0.15) is 38.3 Å². The van der Waals surface area contributed by atoms with E-state index in [-0.39, 0.29) is 11.5 Å². The number of nitrogens with one attached hydrogen (secondary N) is 2. The van der Waals surface area contributed by atoms with Gasteiger partial charge in [0.1, 0.15) is 5.00 Å². The molecule has 2 aromatic rings. The average Bonchev–Trinajstić information content (AvgIpc) is 3.28. The first-order valence-electron chi connectivity index (χ1n) is 8.26. The van der Waals surface area contributed by atoms with Crippen LogP contribution in [-0.4, -0.2) is 30.8 Å². The number of hydrogen-bond donors (Lipinski definition) is 3. The summed E-state index contributed by atoms with van der Waals surface area (Å²) in [6.45, 7) is -1.70. The maximum Gasteiger partial charge on any atom is 0.277 e. The first-order valence-corrected chi connectivity index (χ1v) is 9.14. The van der Waals surface area contributed by atoms with Crippen molar-refractivity contribution < 1.29 is 18.4 Å². The van der Waals surface area contributed by atoms with Gasteiger partial charge in [0.25, 0.3) is 17.7 Å².